The fraction of sp³-hybridized carbons (Fsp3) is 0.588. The minimum Gasteiger partial charge on any atom is -0.330 e. The Hall–Kier alpha value is -1.07. The van der Waals surface area contributed by atoms with Crippen molar-refractivity contribution < 1.29 is 4.84 Å². The summed E-state index contributed by atoms with van der Waals surface area (Å²) < 4.78 is 1.29. The van der Waals surface area contributed by atoms with Crippen LogP contribution in [0.5, 0.6) is 0 Å². The van der Waals surface area contributed by atoms with Crippen LogP contribution in [0.3, 0.4) is 0 Å². The van der Waals surface area contributed by atoms with Gasteiger partial charge in [0.2, 0.25) is 0 Å². The summed E-state index contributed by atoms with van der Waals surface area (Å²) in [5.74, 6) is 1.03. The van der Waals surface area contributed by atoms with Crippen LogP contribution in [-0.2, 0) is 4.84 Å². The summed E-state index contributed by atoms with van der Waals surface area (Å²) in [6.07, 6.45) is 12.3. The lowest BCUT2D eigenvalue weighted by atomic mass is 9.61. The smallest absolute Gasteiger partial charge is 0.253 e. The van der Waals surface area contributed by atoms with Crippen LogP contribution in [0.4, 0.5) is 0 Å². The summed E-state index contributed by atoms with van der Waals surface area (Å²) >= 11 is 3.60. The third-order valence-electron chi connectivity index (χ3n) is 5.41. The SMILES string of the molecule is C=C1CCCN1C1N=C(C2(C3=CC=C(Br)CC3)CCC2)NO1. The quantitative estimate of drug-likeness (QED) is 0.823. The molecular formula is C17H22BrN3O. The van der Waals surface area contributed by atoms with Crippen molar-refractivity contribution in [3.05, 3.63) is 34.5 Å². The minimum absolute atomic E-state index is 0.0833. The first kappa shape index (κ1) is 14.5. The van der Waals surface area contributed by atoms with Gasteiger partial charge in [-0.25, -0.2) is 15.3 Å². The topological polar surface area (TPSA) is 36.9 Å². The van der Waals surface area contributed by atoms with Crippen molar-refractivity contribution in [2.75, 3.05) is 6.54 Å². The molecule has 0 bridgehead atoms. The van der Waals surface area contributed by atoms with E-state index < -0.39 is 0 Å². The van der Waals surface area contributed by atoms with Gasteiger partial charge in [0.25, 0.3) is 6.35 Å². The van der Waals surface area contributed by atoms with Gasteiger partial charge in [0.05, 0.1) is 5.41 Å². The molecule has 1 N–H and O–H groups in total. The van der Waals surface area contributed by atoms with Crippen molar-refractivity contribution in [3.8, 4) is 0 Å². The number of rotatable bonds is 3. The van der Waals surface area contributed by atoms with Gasteiger partial charge in [0.1, 0.15) is 5.84 Å². The van der Waals surface area contributed by atoms with Gasteiger partial charge in [-0.3, -0.25) is 0 Å². The highest BCUT2D eigenvalue weighted by Gasteiger charge is 2.48. The Bertz CT molecular complexity index is 589. The summed E-state index contributed by atoms with van der Waals surface area (Å²) in [4.78, 5) is 12.8. The molecule has 22 heavy (non-hydrogen) atoms. The van der Waals surface area contributed by atoms with Crippen molar-refractivity contribution >= 4 is 21.8 Å². The number of likely N-dealkylation sites (tertiary alicyclic amines) is 1. The molecule has 4 rings (SSSR count). The van der Waals surface area contributed by atoms with Gasteiger partial charge in [-0.2, -0.15) is 0 Å². The fourth-order valence-electron chi connectivity index (χ4n) is 3.90. The molecule has 0 aromatic rings. The van der Waals surface area contributed by atoms with Gasteiger partial charge < -0.3 is 4.90 Å². The molecule has 0 spiro atoms. The van der Waals surface area contributed by atoms with E-state index in [0.29, 0.717) is 0 Å². The van der Waals surface area contributed by atoms with E-state index in [-0.39, 0.29) is 11.8 Å². The van der Waals surface area contributed by atoms with Gasteiger partial charge in [0.15, 0.2) is 0 Å². The van der Waals surface area contributed by atoms with Crippen LogP contribution >= 0.6 is 15.9 Å². The number of nitrogens with one attached hydrogen (secondary N) is 1. The lowest BCUT2D eigenvalue weighted by molar-refractivity contribution is -0.0449. The highest BCUT2D eigenvalue weighted by Crippen LogP contribution is 2.51. The lowest BCUT2D eigenvalue weighted by Gasteiger charge is -2.44. The minimum atomic E-state index is -0.228. The second-order valence-electron chi connectivity index (χ2n) is 6.63. The zero-order valence-electron chi connectivity index (χ0n) is 12.8. The monoisotopic (exact) mass is 363 g/mol. The van der Waals surface area contributed by atoms with Crippen molar-refractivity contribution in [1.29, 1.82) is 0 Å². The second kappa shape index (κ2) is 5.53. The van der Waals surface area contributed by atoms with Crippen LogP contribution in [0.25, 0.3) is 0 Å². The Morgan fingerprint density at radius 2 is 2.14 bits per heavy atom. The van der Waals surface area contributed by atoms with Crippen LogP contribution in [0.2, 0.25) is 0 Å². The average Bonchev–Trinajstić information content (AvgIpc) is 3.09. The zero-order chi connectivity index (χ0) is 15.2. The molecule has 1 unspecified atom stereocenters. The van der Waals surface area contributed by atoms with Crippen LogP contribution < -0.4 is 5.48 Å². The molecule has 1 saturated carbocycles. The molecular weight excluding hydrogens is 342 g/mol. The first-order valence-corrected chi connectivity index (χ1v) is 8.98. The summed E-state index contributed by atoms with van der Waals surface area (Å²) in [6.45, 7) is 5.12. The molecule has 2 aliphatic carbocycles. The highest BCUT2D eigenvalue weighted by molar-refractivity contribution is 9.11. The number of halogens is 1. The van der Waals surface area contributed by atoms with Crippen LogP contribution in [0, 0.1) is 5.41 Å². The van der Waals surface area contributed by atoms with Crippen molar-refractivity contribution in [3.63, 3.8) is 0 Å². The molecule has 2 heterocycles. The summed E-state index contributed by atoms with van der Waals surface area (Å²) in [6, 6.07) is 0. The first-order valence-electron chi connectivity index (χ1n) is 8.19. The Morgan fingerprint density at radius 3 is 2.73 bits per heavy atom. The molecule has 5 heteroatoms. The van der Waals surface area contributed by atoms with E-state index in [1.165, 1.54) is 29.3 Å². The standard InChI is InChI=1S/C17H22BrN3O/c1-12-4-2-11-21(12)16-19-15(20-22-16)17(9-3-10-17)13-5-7-14(18)8-6-13/h5,7,16H,1-4,6,8-11H2,(H,19,20). The molecule has 0 aromatic heterocycles. The number of hydrogen-bond donors (Lipinski definition) is 1. The van der Waals surface area contributed by atoms with E-state index in [1.54, 1.807) is 0 Å². The Labute approximate surface area is 140 Å². The van der Waals surface area contributed by atoms with Gasteiger partial charge in [0, 0.05) is 12.2 Å². The Kier molecular flexibility index (Phi) is 3.65. The van der Waals surface area contributed by atoms with Crippen molar-refractivity contribution in [2.45, 2.75) is 51.3 Å². The predicted octanol–water partition coefficient (Wildman–Crippen LogP) is 3.98. The van der Waals surface area contributed by atoms with Gasteiger partial charge in [-0.1, -0.05) is 46.7 Å². The number of aliphatic imine (C=N–C) groups is 1. The number of hydroxylamine groups is 1. The van der Waals surface area contributed by atoms with Gasteiger partial charge in [-0.05, 0) is 43.0 Å². The fourth-order valence-corrected chi connectivity index (χ4v) is 4.23. The maximum atomic E-state index is 5.77. The third-order valence-corrected chi connectivity index (χ3v) is 6.07. The molecule has 0 aromatic carbocycles. The molecule has 0 radical (unpaired) electrons. The average molecular weight is 364 g/mol. The largest absolute Gasteiger partial charge is 0.330 e. The molecule has 1 atom stereocenters. The molecule has 4 nitrogen and oxygen atoms in total. The number of amidine groups is 1. The maximum Gasteiger partial charge on any atom is 0.253 e. The highest BCUT2D eigenvalue weighted by atomic mass is 79.9. The Balaban J connectivity index is 1.58. The van der Waals surface area contributed by atoms with E-state index >= 15 is 0 Å². The summed E-state index contributed by atoms with van der Waals surface area (Å²) in [7, 11) is 0. The number of hydrogen-bond acceptors (Lipinski definition) is 4. The normalized spacial score (nSPS) is 30.4. The third kappa shape index (κ3) is 2.26. The number of allylic oxidation sites excluding steroid dienone is 4. The van der Waals surface area contributed by atoms with E-state index in [2.05, 4.69) is 45.0 Å². The first-order chi connectivity index (χ1) is 10.7. The molecule has 4 aliphatic rings. The van der Waals surface area contributed by atoms with Crippen LogP contribution in [0.15, 0.2) is 39.5 Å². The molecule has 118 valence electrons. The summed E-state index contributed by atoms with van der Waals surface area (Å²) in [5, 5.41) is 0. The Morgan fingerprint density at radius 1 is 1.27 bits per heavy atom. The zero-order valence-corrected chi connectivity index (χ0v) is 14.4. The lowest BCUT2D eigenvalue weighted by Crippen LogP contribution is -2.45. The van der Waals surface area contributed by atoms with Crippen LogP contribution in [0.1, 0.15) is 44.9 Å². The maximum absolute atomic E-state index is 5.77. The van der Waals surface area contributed by atoms with Crippen molar-refractivity contribution in [2.24, 2.45) is 10.4 Å². The van der Waals surface area contributed by atoms with E-state index in [9.17, 15) is 0 Å². The van der Waals surface area contributed by atoms with Crippen molar-refractivity contribution in [1.82, 2.24) is 10.4 Å². The molecule has 2 aliphatic heterocycles. The summed E-state index contributed by atoms with van der Waals surface area (Å²) in [5.41, 5.74) is 5.87. The van der Waals surface area contributed by atoms with Gasteiger partial charge in [-0.15, -0.1) is 0 Å². The number of nitrogens with zero attached hydrogens (tertiary/aromatic N) is 2. The predicted molar refractivity (Wildman–Crippen MR) is 91.1 cm³/mol. The van der Waals surface area contributed by atoms with E-state index in [4.69, 9.17) is 9.83 Å². The van der Waals surface area contributed by atoms with Crippen LogP contribution in [-0.4, -0.2) is 23.6 Å². The van der Waals surface area contributed by atoms with E-state index in [1.807, 2.05) is 0 Å². The van der Waals surface area contributed by atoms with Gasteiger partial charge >= 0.3 is 0 Å². The molecule has 1 saturated heterocycles. The second-order valence-corrected chi connectivity index (χ2v) is 7.65. The molecule has 2 fully saturated rings. The van der Waals surface area contributed by atoms with E-state index in [0.717, 1.165) is 43.8 Å². The molecule has 0 amide bonds.